The molecule has 0 aromatic heterocycles. The zero-order valence-corrected chi connectivity index (χ0v) is 6.09. The van der Waals surface area contributed by atoms with Crippen LogP contribution in [0.4, 0.5) is 0 Å². The second kappa shape index (κ2) is 2.64. The lowest BCUT2D eigenvalue weighted by Crippen LogP contribution is -2.27. The van der Waals surface area contributed by atoms with Gasteiger partial charge in [0, 0.05) is 0 Å². The minimum atomic E-state index is -0.400. The molecule has 0 rings (SSSR count). The highest BCUT2D eigenvalue weighted by Crippen LogP contribution is 1.89. The Morgan fingerprint density at radius 3 is 2.00 bits per heavy atom. The van der Waals surface area contributed by atoms with Gasteiger partial charge in [-0.1, -0.05) is 0 Å². The summed E-state index contributed by atoms with van der Waals surface area (Å²) < 4.78 is 0.614. The highest BCUT2D eigenvalue weighted by atomic mass is 16.1. The molecule has 2 N–H and O–H groups in total. The topological polar surface area (TPSA) is 43.1 Å². The van der Waals surface area contributed by atoms with E-state index in [4.69, 9.17) is 5.73 Å². The fourth-order valence-corrected chi connectivity index (χ4v) is 0.297. The van der Waals surface area contributed by atoms with Gasteiger partial charge in [-0.3, -0.25) is 4.79 Å². The fraction of sp³-hybridized carbons (Fsp3) is 0.500. The minimum Gasteiger partial charge on any atom is -0.366 e. The van der Waals surface area contributed by atoms with Crippen molar-refractivity contribution >= 4 is 5.91 Å². The largest absolute Gasteiger partial charge is 0.366 e. The van der Waals surface area contributed by atoms with Gasteiger partial charge in [-0.25, -0.2) is 0 Å². The zero-order chi connectivity index (χ0) is 7.49. The van der Waals surface area contributed by atoms with E-state index in [-0.39, 0.29) is 0 Å². The molecule has 0 fully saturated rings. The number of nitrogens with zero attached hydrogens (tertiary/aromatic N) is 1. The van der Waals surface area contributed by atoms with E-state index in [2.05, 4.69) is 0 Å². The van der Waals surface area contributed by atoms with E-state index in [1.807, 2.05) is 21.1 Å². The van der Waals surface area contributed by atoms with E-state index in [0.717, 1.165) is 0 Å². The van der Waals surface area contributed by atoms with Gasteiger partial charge in [-0.2, -0.15) is 0 Å². The van der Waals surface area contributed by atoms with Crippen molar-refractivity contribution in [3.8, 4) is 0 Å². The molecule has 0 aromatic carbocycles. The number of amides is 1. The van der Waals surface area contributed by atoms with Gasteiger partial charge in [-0.05, 0) is 0 Å². The molecule has 0 spiro atoms. The first kappa shape index (κ1) is 8.17. The van der Waals surface area contributed by atoms with E-state index in [0.29, 0.717) is 4.48 Å². The van der Waals surface area contributed by atoms with Crippen molar-refractivity contribution < 1.29 is 9.28 Å². The summed E-state index contributed by atoms with van der Waals surface area (Å²) in [5.41, 5.74) is 4.86. The molecule has 0 saturated heterocycles. The first-order valence-corrected chi connectivity index (χ1v) is 2.71. The number of nitrogens with two attached hydrogens (primary N) is 1. The van der Waals surface area contributed by atoms with Crippen LogP contribution in [0.1, 0.15) is 0 Å². The Morgan fingerprint density at radius 1 is 1.44 bits per heavy atom. The van der Waals surface area contributed by atoms with Crippen molar-refractivity contribution in [1.82, 2.24) is 0 Å². The Morgan fingerprint density at radius 2 is 1.89 bits per heavy atom. The highest BCUT2D eigenvalue weighted by molar-refractivity contribution is 5.85. The molecule has 0 atom stereocenters. The molecule has 9 heavy (non-hydrogen) atoms. The highest BCUT2D eigenvalue weighted by Gasteiger charge is 1.99. The Hall–Kier alpha value is -0.830. The molecule has 0 bridgehead atoms. The lowest BCUT2D eigenvalue weighted by molar-refractivity contribution is -0.817. The average molecular weight is 129 g/mol. The van der Waals surface area contributed by atoms with Crippen LogP contribution < -0.4 is 5.73 Å². The standard InChI is InChI=1S/C6H12N2O/c1-8(2,3)5-4-6(7)9/h4-5H,1-3H3,(H-,7,9)/p+1. The summed E-state index contributed by atoms with van der Waals surface area (Å²) in [6.07, 6.45) is 3.09. The number of hydrogen-bond donors (Lipinski definition) is 1. The van der Waals surface area contributed by atoms with Crippen LogP contribution in [-0.4, -0.2) is 31.5 Å². The summed E-state index contributed by atoms with van der Waals surface area (Å²) in [6.45, 7) is 0. The van der Waals surface area contributed by atoms with Gasteiger partial charge in [0.1, 0.15) is 6.20 Å². The number of carbonyl (C=O) groups excluding carboxylic acids is 1. The van der Waals surface area contributed by atoms with Crippen LogP contribution in [0.2, 0.25) is 0 Å². The molecular formula is C6H13N2O+. The van der Waals surface area contributed by atoms with Gasteiger partial charge < -0.3 is 10.2 Å². The Bertz CT molecular complexity index is 132. The maximum absolute atomic E-state index is 10.2. The predicted octanol–water partition coefficient (Wildman–Crippen LogP) is -0.308. The maximum atomic E-state index is 10.2. The number of hydrogen-bond acceptors (Lipinski definition) is 1. The third-order valence-corrected chi connectivity index (χ3v) is 0.686. The molecule has 0 aliphatic carbocycles. The van der Waals surface area contributed by atoms with Gasteiger partial charge >= 0.3 is 0 Å². The molecule has 52 valence electrons. The molecule has 3 nitrogen and oxygen atoms in total. The molecule has 0 saturated carbocycles. The smallest absolute Gasteiger partial charge is 0.246 e. The van der Waals surface area contributed by atoms with Crippen LogP contribution in [0.25, 0.3) is 0 Å². The van der Waals surface area contributed by atoms with Crippen molar-refractivity contribution in [2.24, 2.45) is 5.73 Å². The van der Waals surface area contributed by atoms with Crippen LogP contribution in [0.15, 0.2) is 12.3 Å². The summed E-state index contributed by atoms with van der Waals surface area (Å²) in [7, 11) is 5.83. The van der Waals surface area contributed by atoms with Gasteiger partial charge in [-0.15, -0.1) is 0 Å². The molecule has 0 aliphatic heterocycles. The molecule has 0 aromatic rings. The van der Waals surface area contributed by atoms with Crippen LogP contribution in [0.3, 0.4) is 0 Å². The van der Waals surface area contributed by atoms with E-state index in [9.17, 15) is 4.79 Å². The molecule has 3 heteroatoms. The van der Waals surface area contributed by atoms with Crippen molar-refractivity contribution in [1.29, 1.82) is 0 Å². The lowest BCUT2D eigenvalue weighted by atomic mass is 10.5. The monoisotopic (exact) mass is 129 g/mol. The first-order chi connectivity index (χ1) is 3.92. The summed E-state index contributed by atoms with van der Waals surface area (Å²) in [5, 5.41) is 0. The quantitative estimate of drug-likeness (QED) is 0.403. The van der Waals surface area contributed by atoms with Crippen LogP contribution in [0.5, 0.6) is 0 Å². The summed E-state index contributed by atoms with van der Waals surface area (Å²) >= 11 is 0. The molecule has 0 heterocycles. The van der Waals surface area contributed by atoms with Crippen molar-refractivity contribution in [3.05, 3.63) is 12.3 Å². The Kier molecular flexibility index (Phi) is 2.40. The van der Waals surface area contributed by atoms with E-state index in [1.165, 1.54) is 6.08 Å². The molecular weight excluding hydrogens is 116 g/mol. The second-order valence-corrected chi connectivity index (χ2v) is 2.83. The zero-order valence-electron chi connectivity index (χ0n) is 6.09. The molecule has 1 amide bonds. The van der Waals surface area contributed by atoms with Crippen LogP contribution >= 0.6 is 0 Å². The maximum Gasteiger partial charge on any atom is 0.246 e. The molecule has 0 unspecified atom stereocenters. The molecule has 0 aliphatic rings. The minimum absolute atomic E-state index is 0.400. The van der Waals surface area contributed by atoms with E-state index in [1.54, 1.807) is 6.20 Å². The van der Waals surface area contributed by atoms with E-state index < -0.39 is 5.91 Å². The number of primary amides is 1. The number of carbonyl (C=O) groups is 1. The normalized spacial score (nSPS) is 12.3. The van der Waals surface area contributed by atoms with E-state index >= 15 is 0 Å². The predicted molar refractivity (Wildman–Crippen MR) is 36.4 cm³/mol. The number of rotatable bonds is 2. The Labute approximate surface area is 55.3 Å². The molecule has 0 radical (unpaired) electrons. The van der Waals surface area contributed by atoms with Crippen LogP contribution in [0, 0.1) is 0 Å². The van der Waals surface area contributed by atoms with Gasteiger partial charge in [0.05, 0.1) is 27.2 Å². The third kappa shape index (κ3) is 7.17. The Balaban J connectivity index is 3.86. The SMILES string of the molecule is C[N+](C)(C)C=CC(N)=O. The van der Waals surface area contributed by atoms with Crippen molar-refractivity contribution in [2.75, 3.05) is 21.1 Å². The van der Waals surface area contributed by atoms with Gasteiger partial charge in [0.2, 0.25) is 5.91 Å². The first-order valence-electron chi connectivity index (χ1n) is 2.71. The van der Waals surface area contributed by atoms with Crippen molar-refractivity contribution in [2.45, 2.75) is 0 Å². The lowest BCUT2D eigenvalue weighted by Gasteiger charge is -2.16. The summed E-state index contributed by atoms with van der Waals surface area (Å²) in [4.78, 5) is 10.2. The van der Waals surface area contributed by atoms with Crippen molar-refractivity contribution in [3.63, 3.8) is 0 Å². The fourth-order valence-electron chi connectivity index (χ4n) is 0.297. The number of quaternary nitrogens is 1. The average Bonchev–Trinajstić information content (AvgIpc) is 1.59. The third-order valence-electron chi connectivity index (χ3n) is 0.686. The summed E-state index contributed by atoms with van der Waals surface area (Å²) in [5.74, 6) is -0.400. The van der Waals surface area contributed by atoms with Crippen LogP contribution in [-0.2, 0) is 4.79 Å². The van der Waals surface area contributed by atoms with Gasteiger partial charge in [0.15, 0.2) is 0 Å². The van der Waals surface area contributed by atoms with Gasteiger partial charge in [0.25, 0.3) is 0 Å². The second-order valence-electron chi connectivity index (χ2n) is 2.83. The summed E-state index contributed by atoms with van der Waals surface area (Å²) in [6, 6.07) is 0.